The number of halogens is 1. The summed E-state index contributed by atoms with van der Waals surface area (Å²) in [5.41, 5.74) is 1.38. The lowest BCUT2D eigenvalue weighted by Gasteiger charge is -2.26. The lowest BCUT2D eigenvalue weighted by atomic mass is 10.0. The van der Waals surface area contributed by atoms with Gasteiger partial charge in [0.25, 0.3) is 0 Å². The van der Waals surface area contributed by atoms with Crippen LogP contribution < -0.4 is 0 Å². The van der Waals surface area contributed by atoms with Crippen molar-refractivity contribution in [3.05, 3.63) is 16.4 Å². The molecule has 2 heterocycles. The van der Waals surface area contributed by atoms with Crippen molar-refractivity contribution in [1.29, 1.82) is 0 Å². The highest BCUT2D eigenvalue weighted by Gasteiger charge is 2.35. The minimum atomic E-state index is -3.18. The Balaban J connectivity index is 2.19. The van der Waals surface area contributed by atoms with Crippen LogP contribution in [0.1, 0.15) is 30.7 Å². The van der Waals surface area contributed by atoms with E-state index in [1.807, 2.05) is 0 Å². The van der Waals surface area contributed by atoms with Gasteiger partial charge in [-0.25, -0.2) is 8.42 Å². The predicted octanol–water partition coefficient (Wildman–Crippen LogP) is 1.25. The zero-order valence-corrected chi connectivity index (χ0v) is 12.7. The lowest BCUT2D eigenvalue weighted by Crippen LogP contribution is -2.39. The molecule has 1 aliphatic rings. The average molecular weight is 307 g/mol. The number of aliphatic hydroxyl groups is 1. The maximum Gasteiger partial charge on any atom is 0.155 e. The molecule has 1 aliphatic heterocycles. The summed E-state index contributed by atoms with van der Waals surface area (Å²) in [5, 5.41) is 14.2. The van der Waals surface area contributed by atoms with E-state index in [0.29, 0.717) is 29.3 Å². The van der Waals surface area contributed by atoms with Gasteiger partial charge >= 0.3 is 0 Å². The quantitative estimate of drug-likeness (QED) is 0.912. The molecular weight excluding hydrogens is 288 g/mol. The normalized spacial score (nSPS) is 24.3. The number of aromatic nitrogens is 2. The zero-order valence-electron chi connectivity index (χ0n) is 11.1. The van der Waals surface area contributed by atoms with Crippen molar-refractivity contribution in [3.8, 4) is 0 Å². The lowest BCUT2D eigenvalue weighted by molar-refractivity contribution is 0.159. The van der Waals surface area contributed by atoms with E-state index in [9.17, 15) is 13.5 Å². The number of hydrogen-bond acceptors (Lipinski definition) is 4. The minimum Gasteiger partial charge on any atom is -0.391 e. The van der Waals surface area contributed by atoms with Gasteiger partial charge in [-0.05, 0) is 19.8 Å². The summed E-state index contributed by atoms with van der Waals surface area (Å²) in [6.07, 6.45) is 1.37. The molecule has 1 N–H and O–H groups in total. The molecule has 0 aromatic carbocycles. The molecular formula is C12H19ClN2O3S. The number of aryl methyl sites for hydroxylation is 2. The Labute approximate surface area is 118 Å². The molecule has 1 aromatic heterocycles. The van der Waals surface area contributed by atoms with Gasteiger partial charge in [-0.15, -0.1) is 0 Å². The molecule has 0 amide bonds. The first kappa shape index (κ1) is 14.8. The van der Waals surface area contributed by atoms with E-state index in [0.717, 1.165) is 6.42 Å². The van der Waals surface area contributed by atoms with E-state index in [-0.39, 0.29) is 12.2 Å². The fraction of sp³-hybridized carbons (Fsp3) is 0.750. The molecule has 0 aliphatic carbocycles. The van der Waals surface area contributed by atoms with Crippen LogP contribution in [0, 0.1) is 6.92 Å². The minimum absolute atomic E-state index is 0.173. The number of hydrogen-bond donors (Lipinski definition) is 1. The Morgan fingerprint density at radius 2 is 2.21 bits per heavy atom. The van der Waals surface area contributed by atoms with Gasteiger partial charge in [0.2, 0.25) is 0 Å². The molecule has 1 aromatic rings. The van der Waals surface area contributed by atoms with Crippen LogP contribution in [0.25, 0.3) is 0 Å². The van der Waals surface area contributed by atoms with Crippen molar-refractivity contribution >= 4 is 21.4 Å². The largest absolute Gasteiger partial charge is 0.391 e. The van der Waals surface area contributed by atoms with Gasteiger partial charge in [-0.3, -0.25) is 4.68 Å². The van der Waals surface area contributed by atoms with Crippen molar-refractivity contribution in [2.45, 2.75) is 44.0 Å². The Bertz CT molecular complexity index is 568. The average Bonchev–Trinajstić information content (AvgIpc) is 2.55. The fourth-order valence-corrected chi connectivity index (χ4v) is 4.89. The molecule has 0 spiro atoms. The van der Waals surface area contributed by atoms with Crippen molar-refractivity contribution in [3.63, 3.8) is 0 Å². The van der Waals surface area contributed by atoms with Crippen molar-refractivity contribution in [2.24, 2.45) is 7.05 Å². The van der Waals surface area contributed by atoms with Crippen molar-refractivity contribution < 1.29 is 13.5 Å². The molecule has 2 unspecified atom stereocenters. The maximum absolute atomic E-state index is 12.0. The highest BCUT2D eigenvalue weighted by Crippen LogP contribution is 2.27. The summed E-state index contributed by atoms with van der Waals surface area (Å²) in [7, 11) is -1.44. The first-order chi connectivity index (χ1) is 8.83. The second-order valence-electron chi connectivity index (χ2n) is 5.14. The highest BCUT2D eigenvalue weighted by molar-refractivity contribution is 7.92. The number of sulfone groups is 1. The van der Waals surface area contributed by atoms with Gasteiger partial charge in [-0.1, -0.05) is 18.0 Å². The van der Waals surface area contributed by atoms with Gasteiger partial charge in [0.15, 0.2) is 9.84 Å². The molecule has 0 bridgehead atoms. The van der Waals surface area contributed by atoms with E-state index in [2.05, 4.69) is 5.10 Å². The monoisotopic (exact) mass is 306 g/mol. The van der Waals surface area contributed by atoms with E-state index < -0.39 is 21.2 Å². The SMILES string of the molecule is Cc1nn(C)c(CC(O)C2CCCCS2(=O)=O)c1Cl. The van der Waals surface area contributed by atoms with Gasteiger partial charge in [-0.2, -0.15) is 5.10 Å². The third kappa shape index (κ3) is 2.95. The molecule has 0 radical (unpaired) electrons. The predicted molar refractivity (Wildman–Crippen MR) is 74.1 cm³/mol. The van der Waals surface area contributed by atoms with E-state index in [1.54, 1.807) is 18.7 Å². The Hall–Kier alpha value is -0.590. The molecule has 108 valence electrons. The van der Waals surface area contributed by atoms with Gasteiger partial charge in [0.05, 0.1) is 33.5 Å². The first-order valence-electron chi connectivity index (χ1n) is 6.40. The van der Waals surface area contributed by atoms with E-state index in [4.69, 9.17) is 11.6 Å². The van der Waals surface area contributed by atoms with E-state index in [1.165, 1.54) is 0 Å². The zero-order chi connectivity index (χ0) is 14.2. The number of rotatable bonds is 3. The van der Waals surface area contributed by atoms with Crippen LogP contribution in [0.2, 0.25) is 5.02 Å². The van der Waals surface area contributed by atoms with Crippen LogP contribution in [0.4, 0.5) is 0 Å². The van der Waals surface area contributed by atoms with Crippen molar-refractivity contribution in [1.82, 2.24) is 9.78 Å². The molecule has 5 nitrogen and oxygen atoms in total. The van der Waals surface area contributed by atoms with Gasteiger partial charge in [0, 0.05) is 13.5 Å². The molecule has 19 heavy (non-hydrogen) atoms. The van der Waals surface area contributed by atoms with Crippen LogP contribution >= 0.6 is 11.6 Å². The van der Waals surface area contributed by atoms with Gasteiger partial charge in [0.1, 0.15) is 0 Å². The molecule has 2 rings (SSSR count). The van der Waals surface area contributed by atoms with Crippen LogP contribution in [0.5, 0.6) is 0 Å². The number of aliphatic hydroxyl groups excluding tert-OH is 1. The van der Waals surface area contributed by atoms with Gasteiger partial charge < -0.3 is 5.11 Å². The van der Waals surface area contributed by atoms with E-state index >= 15 is 0 Å². The Morgan fingerprint density at radius 1 is 1.53 bits per heavy atom. The number of nitrogens with zero attached hydrogens (tertiary/aromatic N) is 2. The van der Waals surface area contributed by atoms with Crippen molar-refractivity contribution in [2.75, 3.05) is 5.75 Å². The third-order valence-corrected chi connectivity index (χ3v) is 6.54. The smallest absolute Gasteiger partial charge is 0.155 e. The van der Waals surface area contributed by atoms with Crippen LogP contribution in [0.3, 0.4) is 0 Å². The summed E-state index contributed by atoms with van der Waals surface area (Å²) >= 11 is 6.12. The molecule has 7 heteroatoms. The highest BCUT2D eigenvalue weighted by atomic mass is 35.5. The summed E-state index contributed by atoms with van der Waals surface area (Å²) in [5.74, 6) is 0.173. The van der Waals surface area contributed by atoms with Crippen LogP contribution in [-0.2, 0) is 23.3 Å². The summed E-state index contributed by atoms with van der Waals surface area (Å²) < 4.78 is 25.6. The van der Waals surface area contributed by atoms with Crippen LogP contribution in [-0.4, -0.2) is 40.4 Å². The molecule has 1 fully saturated rings. The second-order valence-corrected chi connectivity index (χ2v) is 7.86. The fourth-order valence-electron chi connectivity index (χ4n) is 2.64. The Kier molecular flexibility index (Phi) is 4.23. The molecule has 2 atom stereocenters. The summed E-state index contributed by atoms with van der Waals surface area (Å²) in [6, 6.07) is 0. The second kappa shape index (κ2) is 5.42. The topological polar surface area (TPSA) is 72.2 Å². The molecule has 1 saturated heterocycles. The first-order valence-corrected chi connectivity index (χ1v) is 8.50. The van der Waals surface area contributed by atoms with Crippen LogP contribution in [0.15, 0.2) is 0 Å². The third-order valence-electron chi connectivity index (χ3n) is 3.72. The standard InChI is InChI=1S/C12H19ClN2O3S/c1-8-12(13)9(15(2)14-8)7-10(16)11-5-3-4-6-19(11,17)18/h10-11,16H,3-7H2,1-2H3. The molecule has 0 saturated carbocycles. The maximum atomic E-state index is 12.0. The summed E-state index contributed by atoms with van der Waals surface area (Å²) in [4.78, 5) is 0. The summed E-state index contributed by atoms with van der Waals surface area (Å²) in [6.45, 7) is 1.79. The Morgan fingerprint density at radius 3 is 2.74 bits per heavy atom.